The predicted octanol–water partition coefficient (Wildman–Crippen LogP) is 5.72. The van der Waals surface area contributed by atoms with Crippen molar-refractivity contribution in [3.63, 3.8) is 0 Å². The van der Waals surface area contributed by atoms with Crippen molar-refractivity contribution in [3.8, 4) is 11.3 Å². The lowest BCUT2D eigenvalue weighted by atomic mass is 10.1. The number of amides is 1. The minimum absolute atomic E-state index is 0.0335. The molecule has 27 heavy (non-hydrogen) atoms. The highest BCUT2D eigenvalue weighted by Crippen LogP contribution is 2.34. The lowest BCUT2D eigenvalue weighted by molar-refractivity contribution is -0.113. The summed E-state index contributed by atoms with van der Waals surface area (Å²) in [6.45, 7) is 1.99. The molecule has 1 aliphatic rings. The van der Waals surface area contributed by atoms with E-state index in [-0.39, 0.29) is 5.91 Å². The maximum absolute atomic E-state index is 12.3. The van der Waals surface area contributed by atoms with E-state index >= 15 is 0 Å². The number of aryl methyl sites for hydroxylation is 1. The van der Waals surface area contributed by atoms with Crippen molar-refractivity contribution < 1.29 is 4.79 Å². The minimum Gasteiger partial charge on any atom is -0.325 e. The number of anilines is 1. The number of nitrogens with one attached hydrogen (secondary N) is 1. The Morgan fingerprint density at radius 1 is 1.22 bits per heavy atom. The molecule has 4 nitrogen and oxygen atoms in total. The zero-order valence-corrected chi connectivity index (χ0v) is 17.1. The second kappa shape index (κ2) is 8.29. The van der Waals surface area contributed by atoms with E-state index in [1.807, 2.05) is 54.8 Å². The molecule has 0 fully saturated rings. The standard InChI is InChI=1S/C20H17N3OS3/c1-13-21-18(11-25-13)14-6-4-7-16(9-14)22-19(24)12-27-20-23-17-8-3-2-5-15(17)10-26-20/h2-9,11H,10,12H2,1H3,(H,22,24). The first-order chi connectivity index (χ1) is 13.2. The zero-order valence-electron chi connectivity index (χ0n) is 14.6. The maximum Gasteiger partial charge on any atom is 0.234 e. The lowest BCUT2D eigenvalue weighted by Crippen LogP contribution is -2.15. The molecule has 0 spiro atoms. The number of aromatic nitrogens is 1. The number of thioether (sulfide) groups is 2. The van der Waals surface area contributed by atoms with Crippen molar-refractivity contribution in [2.45, 2.75) is 12.7 Å². The normalized spacial score (nSPS) is 13.0. The Labute approximate surface area is 170 Å². The first-order valence-corrected chi connectivity index (χ1v) is 11.3. The highest BCUT2D eigenvalue weighted by molar-refractivity contribution is 8.38. The van der Waals surface area contributed by atoms with Crippen LogP contribution in [0, 0.1) is 6.92 Å². The Morgan fingerprint density at radius 3 is 2.96 bits per heavy atom. The topological polar surface area (TPSA) is 54.4 Å². The van der Waals surface area contributed by atoms with Crippen molar-refractivity contribution in [2.75, 3.05) is 11.1 Å². The van der Waals surface area contributed by atoms with Crippen LogP contribution in [0.3, 0.4) is 0 Å². The number of rotatable bonds is 4. The molecule has 1 amide bonds. The van der Waals surface area contributed by atoms with Crippen LogP contribution >= 0.6 is 34.9 Å². The number of fused-ring (bicyclic) bond motifs is 1. The van der Waals surface area contributed by atoms with Crippen LogP contribution in [-0.4, -0.2) is 21.0 Å². The number of nitrogens with zero attached hydrogens (tertiary/aromatic N) is 2. The van der Waals surface area contributed by atoms with Gasteiger partial charge in [0.1, 0.15) is 4.38 Å². The monoisotopic (exact) mass is 411 g/mol. The van der Waals surface area contributed by atoms with Gasteiger partial charge in [0.2, 0.25) is 5.91 Å². The summed E-state index contributed by atoms with van der Waals surface area (Å²) in [4.78, 5) is 21.5. The number of benzene rings is 2. The van der Waals surface area contributed by atoms with Gasteiger partial charge in [-0.05, 0) is 30.7 Å². The van der Waals surface area contributed by atoms with Crippen LogP contribution in [0.4, 0.5) is 11.4 Å². The Morgan fingerprint density at radius 2 is 2.11 bits per heavy atom. The molecular formula is C20H17N3OS3. The summed E-state index contributed by atoms with van der Waals surface area (Å²) in [5, 5.41) is 6.03. The average Bonchev–Trinajstić information content (AvgIpc) is 3.13. The number of carbonyl (C=O) groups excluding carboxylic acids is 1. The Kier molecular flexibility index (Phi) is 5.61. The van der Waals surface area contributed by atoms with E-state index in [2.05, 4.69) is 21.4 Å². The van der Waals surface area contributed by atoms with E-state index in [1.54, 1.807) is 23.1 Å². The Bertz CT molecular complexity index is 1010. The van der Waals surface area contributed by atoms with E-state index < -0.39 is 0 Å². The fraction of sp³-hybridized carbons (Fsp3) is 0.150. The molecule has 0 radical (unpaired) electrons. The van der Waals surface area contributed by atoms with Crippen molar-refractivity contribution in [2.24, 2.45) is 4.99 Å². The number of hydrogen-bond acceptors (Lipinski definition) is 6. The molecule has 1 aliphatic heterocycles. The third-order valence-electron chi connectivity index (χ3n) is 3.94. The molecule has 0 unspecified atom stereocenters. The fourth-order valence-electron chi connectivity index (χ4n) is 2.66. The first-order valence-electron chi connectivity index (χ1n) is 8.42. The summed E-state index contributed by atoms with van der Waals surface area (Å²) in [6.07, 6.45) is 0. The molecule has 1 N–H and O–H groups in total. The fourth-order valence-corrected chi connectivity index (χ4v) is 5.15. The van der Waals surface area contributed by atoms with Crippen molar-refractivity contribution in [1.82, 2.24) is 4.98 Å². The third kappa shape index (κ3) is 4.61. The van der Waals surface area contributed by atoms with Crippen LogP contribution in [0.2, 0.25) is 0 Å². The average molecular weight is 412 g/mol. The van der Waals surface area contributed by atoms with Crippen LogP contribution in [0.1, 0.15) is 10.6 Å². The summed E-state index contributed by atoms with van der Waals surface area (Å²) in [5.74, 6) is 1.21. The first kappa shape index (κ1) is 18.3. The lowest BCUT2D eigenvalue weighted by Gasteiger charge is -2.14. The van der Waals surface area contributed by atoms with Gasteiger partial charge in [-0.25, -0.2) is 9.98 Å². The van der Waals surface area contributed by atoms with Crippen LogP contribution in [0.5, 0.6) is 0 Å². The molecule has 0 atom stereocenters. The van der Waals surface area contributed by atoms with Gasteiger partial charge in [0.25, 0.3) is 0 Å². The molecule has 2 aromatic carbocycles. The van der Waals surface area contributed by atoms with Gasteiger partial charge in [-0.15, -0.1) is 11.3 Å². The Hall–Kier alpha value is -2.09. The van der Waals surface area contributed by atoms with Crippen LogP contribution < -0.4 is 5.32 Å². The summed E-state index contributed by atoms with van der Waals surface area (Å²) in [7, 11) is 0. The van der Waals surface area contributed by atoms with Crippen LogP contribution in [0.25, 0.3) is 11.3 Å². The van der Waals surface area contributed by atoms with Gasteiger partial charge >= 0.3 is 0 Å². The predicted molar refractivity (Wildman–Crippen MR) is 118 cm³/mol. The van der Waals surface area contributed by atoms with Gasteiger partial charge < -0.3 is 5.32 Å². The molecule has 2 heterocycles. The third-order valence-corrected chi connectivity index (χ3v) is 6.96. The second-order valence-corrected chi connectivity index (χ2v) is 9.21. The van der Waals surface area contributed by atoms with Gasteiger partial charge in [0.15, 0.2) is 0 Å². The summed E-state index contributed by atoms with van der Waals surface area (Å²) in [6, 6.07) is 15.9. The van der Waals surface area contributed by atoms with Crippen molar-refractivity contribution in [3.05, 3.63) is 64.5 Å². The highest BCUT2D eigenvalue weighted by Gasteiger charge is 2.14. The van der Waals surface area contributed by atoms with Gasteiger partial charge in [-0.1, -0.05) is 53.9 Å². The number of carbonyl (C=O) groups is 1. The summed E-state index contributed by atoms with van der Waals surface area (Å²) in [5.41, 5.74) is 4.98. The molecule has 0 aliphatic carbocycles. The zero-order chi connectivity index (χ0) is 18.6. The van der Waals surface area contributed by atoms with Gasteiger partial charge in [0, 0.05) is 22.4 Å². The van der Waals surface area contributed by atoms with Gasteiger partial charge in [-0.2, -0.15) is 0 Å². The molecule has 7 heteroatoms. The van der Waals surface area contributed by atoms with Crippen molar-refractivity contribution in [1.29, 1.82) is 0 Å². The van der Waals surface area contributed by atoms with E-state index in [0.717, 1.165) is 37.8 Å². The van der Waals surface area contributed by atoms with Crippen molar-refractivity contribution >= 4 is 56.5 Å². The number of aliphatic imine (C=N–C) groups is 1. The number of hydrogen-bond donors (Lipinski definition) is 1. The molecule has 0 saturated heterocycles. The molecule has 4 rings (SSSR count). The van der Waals surface area contributed by atoms with Crippen LogP contribution in [0.15, 0.2) is 58.9 Å². The molecule has 0 saturated carbocycles. The minimum atomic E-state index is -0.0335. The largest absolute Gasteiger partial charge is 0.325 e. The number of thiazole rings is 1. The van der Waals surface area contributed by atoms with E-state index in [1.165, 1.54) is 17.3 Å². The molecule has 0 bridgehead atoms. The molecule has 1 aromatic heterocycles. The quantitative estimate of drug-likeness (QED) is 0.596. The van der Waals surface area contributed by atoms with E-state index in [4.69, 9.17) is 0 Å². The molecule has 136 valence electrons. The van der Waals surface area contributed by atoms with E-state index in [0.29, 0.717) is 5.75 Å². The SMILES string of the molecule is Cc1nc(-c2cccc(NC(=O)CSC3=Nc4ccccc4CS3)c2)cs1. The van der Waals surface area contributed by atoms with E-state index in [9.17, 15) is 4.79 Å². The second-order valence-electron chi connectivity index (χ2n) is 5.96. The van der Waals surface area contributed by atoms with Gasteiger partial charge in [0.05, 0.1) is 22.1 Å². The maximum atomic E-state index is 12.3. The smallest absolute Gasteiger partial charge is 0.234 e. The summed E-state index contributed by atoms with van der Waals surface area (Å²) < 4.78 is 0.940. The summed E-state index contributed by atoms with van der Waals surface area (Å²) >= 11 is 4.79. The number of para-hydroxylation sites is 1. The Balaban J connectivity index is 1.37. The highest BCUT2D eigenvalue weighted by atomic mass is 32.2. The molecule has 3 aromatic rings. The molecular weight excluding hydrogens is 394 g/mol. The van der Waals surface area contributed by atoms with Crippen LogP contribution in [-0.2, 0) is 10.5 Å². The van der Waals surface area contributed by atoms with Gasteiger partial charge in [-0.3, -0.25) is 4.79 Å².